The molecule has 1 unspecified atom stereocenters. The highest BCUT2D eigenvalue weighted by Crippen LogP contribution is 2.62. The highest BCUT2D eigenvalue weighted by Gasteiger charge is 2.52. The second-order valence-corrected chi connectivity index (χ2v) is 8.57. The molecule has 4 aliphatic rings. The van der Waals surface area contributed by atoms with E-state index in [9.17, 15) is 9.90 Å². The Morgan fingerprint density at radius 3 is 2.73 bits per heavy atom. The lowest BCUT2D eigenvalue weighted by molar-refractivity contribution is -0.116. The Balaban J connectivity index is 1.72. The molecule has 0 aromatic carbocycles. The molecule has 4 rings (SSSR count). The van der Waals surface area contributed by atoms with Crippen LogP contribution in [0.5, 0.6) is 0 Å². The van der Waals surface area contributed by atoms with Crippen LogP contribution in [0, 0.1) is 22.7 Å². The molecular weight excluding hydrogens is 272 g/mol. The van der Waals surface area contributed by atoms with Crippen LogP contribution < -0.4 is 0 Å². The summed E-state index contributed by atoms with van der Waals surface area (Å²) in [7, 11) is 0. The van der Waals surface area contributed by atoms with Crippen LogP contribution in [0.3, 0.4) is 0 Å². The van der Waals surface area contributed by atoms with Crippen LogP contribution in [-0.4, -0.2) is 17.5 Å². The zero-order chi connectivity index (χ0) is 15.5. The number of carbonyl (C=O) groups excluding carboxylic acids is 1. The van der Waals surface area contributed by atoms with Crippen LogP contribution >= 0.6 is 0 Å². The first-order chi connectivity index (χ1) is 10.5. The first-order valence-electron chi connectivity index (χ1n) is 9.05. The molecule has 1 N–H and O–H groups in total. The predicted octanol–water partition coefficient (Wildman–Crippen LogP) is 4.19. The minimum atomic E-state index is 0.0554. The Kier molecular flexibility index (Phi) is 3.21. The van der Waals surface area contributed by atoms with Gasteiger partial charge in [0.1, 0.15) is 0 Å². The minimum absolute atomic E-state index is 0.0554. The van der Waals surface area contributed by atoms with E-state index in [1.807, 2.05) is 6.08 Å². The Hall–Kier alpha value is -0.890. The summed E-state index contributed by atoms with van der Waals surface area (Å²) in [5.41, 5.74) is 5.05. The van der Waals surface area contributed by atoms with E-state index in [1.54, 1.807) is 11.1 Å². The predicted molar refractivity (Wildman–Crippen MR) is 87.3 cm³/mol. The topological polar surface area (TPSA) is 37.3 Å². The standard InChI is InChI=1S/C20H28O2/c1-19(12-21)9-8-16-15-4-3-13-11-14(22)7-10-20(13,2)18(15)6-5-17(16)19/h11,15,18,21H,3-10,12H2,1-2H3/t15-,18-,19?,20-/m0/s1. The van der Waals surface area contributed by atoms with Gasteiger partial charge in [0, 0.05) is 11.8 Å². The van der Waals surface area contributed by atoms with Gasteiger partial charge in [-0.25, -0.2) is 0 Å². The third-order valence-corrected chi connectivity index (χ3v) is 7.55. The van der Waals surface area contributed by atoms with E-state index in [0.717, 1.165) is 31.6 Å². The van der Waals surface area contributed by atoms with E-state index in [4.69, 9.17) is 0 Å². The average molecular weight is 300 g/mol. The lowest BCUT2D eigenvalue weighted by Gasteiger charge is -2.52. The molecule has 0 aromatic heterocycles. The molecule has 4 atom stereocenters. The van der Waals surface area contributed by atoms with Crippen molar-refractivity contribution in [1.82, 2.24) is 0 Å². The summed E-state index contributed by atoms with van der Waals surface area (Å²) < 4.78 is 0. The van der Waals surface area contributed by atoms with Crippen LogP contribution in [-0.2, 0) is 4.79 Å². The molecule has 22 heavy (non-hydrogen) atoms. The molecule has 0 saturated heterocycles. The minimum Gasteiger partial charge on any atom is -0.395 e. The lowest BCUT2D eigenvalue weighted by Crippen LogP contribution is -2.43. The molecule has 0 amide bonds. The van der Waals surface area contributed by atoms with Crippen molar-refractivity contribution in [2.45, 2.75) is 65.2 Å². The van der Waals surface area contributed by atoms with Crippen LogP contribution in [0.25, 0.3) is 0 Å². The molecule has 1 saturated carbocycles. The maximum Gasteiger partial charge on any atom is 0.155 e. The number of ketones is 1. The third-order valence-electron chi connectivity index (χ3n) is 7.55. The number of hydrogen-bond acceptors (Lipinski definition) is 2. The average Bonchev–Trinajstić information content (AvgIpc) is 2.86. The van der Waals surface area contributed by atoms with Crippen molar-refractivity contribution in [2.75, 3.05) is 6.61 Å². The Labute approximate surface area is 133 Å². The Bertz CT molecular complexity index is 585. The largest absolute Gasteiger partial charge is 0.395 e. The molecule has 0 aliphatic heterocycles. The van der Waals surface area contributed by atoms with Crippen LogP contribution in [0.1, 0.15) is 65.2 Å². The van der Waals surface area contributed by atoms with Crippen molar-refractivity contribution in [1.29, 1.82) is 0 Å². The molecule has 2 nitrogen and oxygen atoms in total. The summed E-state index contributed by atoms with van der Waals surface area (Å²) >= 11 is 0. The summed E-state index contributed by atoms with van der Waals surface area (Å²) in [6.45, 7) is 4.98. The zero-order valence-electron chi connectivity index (χ0n) is 14.0. The van der Waals surface area contributed by atoms with E-state index in [0.29, 0.717) is 18.3 Å². The van der Waals surface area contributed by atoms with Gasteiger partial charge >= 0.3 is 0 Å². The number of rotatable bonds is 1. The molecule has 0 radical (unpaired) electrons. The molecule has 4 aliphatic carbocycles. The fourth-order valence-corrected chi connectivity index (χ4v) is 6.09. The fraction of sp³-hybridized carbons (Fsp3) is 0.750. The van der Waals surface area contributed by atoms with Crippen LogP contribution in [0.15, 0.2) is 22.8 Å². The quantitative estimate of drug-likeness (QED) is 0.737. The highest BCUT2D eigenvalue weighted by molar-refractivity contribution is 5.91. The monoisotopic (exact) mass is 300 g/mol. The lowest BCUT2D eigenvalue weighted by atomic mass is 9.52. The number of aliphatic hydroxyl groups excluding tert-OH is 1. The first kappa shape index (κ1) is 14.7. The van der Waals surface area contributed by atoms with Crippen molar-refractivity contribution in [3.8, 4) is 0 Å². The van der Waals surface area contributed by atoms with Gasteiger partial charge in [0.05, 0.1) is 6.61 Å². The maximum atomic E-state index is 11.8. The summed E-state index contributed by atoms with van der Waals surface area (Å²) in [4.78, 5) is 11.8. The molecule has 0 heterocycles. The van der Waals surface area contributed by atoms with E-state index < -0.39 is 0 Å². The van der Waals surface area contributed by atoms with Gasteiger partial charge in [-0.1, -0.05) is 30.6 Å². The summed E-state index contributed by atoms with van der Waals surface area (Å²) in [6, 6.07) is 0. The number of fused-ring (bicyclic) bond motifs is 4. The number of allylic oxidation sites excluding steroid dienone is 3. The van der Waals surface area contributed by atoms with Gasteiger partial charge in [-0.15, -0.1) is 0 Å². The van der Waals surface area contributed by atoms with Crippen molar-refractivity contribution < 1.29 is 9.90 Å². The van der Waals surface area contributed by atoms with Gasteiger partial charge in [-0.2, -0.15) is 0 Å². The van der Waals surface area contributed by atoms with Gasteiger partial charge in [0.15, 0.2) is 5.78 Å². The molecule has 1 fully saturated rings. The molecule has 0 spiro atoms. The number of aliphatic hydroxyl groups is 1. The third kappa shape index (κ3) is 1.86. The second kappa shape index (κ2) is 4.80. The van der Waals surface area contributed by atoms with Gasteiger partial charge in [-0.3, -0.25) is 4.79 Å². The molecule has 0 bridgehead atoms. The SMILES string of the molecule is CC1(CO)CCC2=C1CC[C@H]1[C@H]2CCC2=CC(=O)CC[C@@]21C. The smallest absolute Gasteiger partial charge is 0.155 e. The zero-order valence-corrected chi connectivity index (χ0v) is 14.0. The van der Waals surface area contributed by atoms with Crippen molar-refractivity contribution in [3.63, 3.8) is 0 Å². The van der Waals surface area contributed by atoms with E-state index >= 15 is 0 Å². The van der Waals surface area contributed by atoms with Gasteiger partial charge < -0.3 is 5.11 Å². The second-order valence-electron chi connectivity index (χ2n) is 8.57. The summed E-state index contributed by atoms with van der Waals surface area (Å²) in [5, 5.41) is 9.85. The van der Waals surface area contributed by atoms with E-state index in [1.165, 1.54) is 31.3 Å². The van der Waals surface area contributed by atoms with Gasteiger partial charge in [0.25, 0.3) is 0 Å². The molecule has 120 valence electrons. The van der Waals surface area contributed by atoms with Crippen molar-refractivity contribution in [3.05, 3.63) is 22.8 Å². The maximum absolute atomic E-state index is 11.8. The summed E-state index contributed by atoms with van der Waals surface area (Å²) in [5.74, 6) is 1.78. The van der Waals surface area contributed by atoms with Crippen molar-refractivity contribution in [2.24, 2.45) is 22.7 Å². The van der Waals surface area contributed by atoms with Gasteiger partial charge in [0.2, 0.25) is 0 Å². The summed E-state index contributed by atoms with van der Waals surface area (Å²) in [6.07, 6.45) is 10.9. The van der Waals surface area contributed by atoms with E-state index in [2.05, 4.69) is 13.8 Å². The molecule has 0 aromatic rings. The fourth-order valence-electron chi connectivity index (χ4n) is 6.09. The Morgan fingerprint density at radius 2 is 1.95 bits per heavy atom. The molecular formula is C20H28O2. The normalized spacial score (nSPS) is 44.3. The number of carbonyl (C=O) groups is 1. The van der Waals surface area contributed by atoms with Gasteiger partial charge in [-0.05, 0) is 68.3 Å². The van der Waals surface area contributed by atoms with Crippen LogP contribution in [0.4, 0.5) is 0 Å². The van der Waals surface area contributed by atoms with E-state index in [-0.39, 0.29) is 10.8 Å². The number of hydrogen-bond donors (Lipinski definition) is 1. The first-order valence-corrected chi connectivity index (χ1v) is 9.05. The van der Waals surface area contributed by atoms with Crippen molar-refractivity contribution >= 4 is 5.78 Å². The van der Waals surface area contributed by atoms with Crippen LogP contribution in [0.2, 0.25) is 0 Å². The Morgan fingerprint density at radius 1 is 1.14 bits per heavy atom. The highest BCUT2D eigenvalue weighted by atomic mass is 16.3. The molecule has 2 heteroatoms.